The third-order valence-electron chi connectivity index (χ3n) is 8.00. The maximum Gasteiger partial charge on any atom is 0.338 e. The number of nitrogens with zero attached hydrogens (tertiary/aromatic N) is 2. The van der Waals surface area contributed by atoms with Crippen LogP contribution < -0.4 is 33.8 Å². The number of methoxy groups -OCH3 is 2. The van der Waals surface area contributed by atoms with E-state index in [1.165, 1.54) is 15.9 Å². The molecule has 1 atom stereocenters. The van der Waals surface area contributed by atoms with Gasteiger partial charge >= 0.3 is 5.97 Å². The first kappa shape index (κ1) is 33.3. The van der Waals surface area contributed by atoms with Gasteiger partial charge in [-0.15, -0.1) is 0 Å². The quantitative estimate of drug-likeness (QED) is 0.148. The van der Waals surface area contributed by atoms with E-state index in [0.29, 0.717) is 56.8 Å². The van der Waals surface area contributed by atoms with Crippen LogP contribution in [0.3, 0.4) is 0 Å². The number of ether oxygens (including phenoxy) is 5. The summed E-state index contributed by atoms with van der Waals surface area (Å²) in [5.41, 5.74) is 3.96. The third-order valence-corrected chi connectivity index (χ3v) is 8.99. The van der Waals surface area contributed by atoms with Crippen LogP contribution in [0.1, 0.15) is 42.1 Å². The van der Waals surface area contributed by atoms with Gasteiger partial charge in [-0.1, -0.05) is 84.1 Å². The zero-order valence-electron chi connectivity index (χ0n) is 27.7. The van der Waals surface area contributed by atoms with Crippen molar-refractivity contribution in [3.05, 3.63) is 145 Å². The number of benzene rings is 4. The Bertz CT molecular complexity index is 2170. The van der Waals surface area contributed by atoms with Crippen LogP contribution in [0.4, 0.5) is 0 Å². The van der Waals surface area contributed by atoms with Crippen molar-refractivity contribution in [2.45, 2.75) is 33.1 Å². The van der Waals surface area contributed by atoms with Gasteiger partial charge in [0.2, 0.25) is 0 Å². The van der Waals surface area contributed by atoms with E-state index < -0.39 is 12.0 Å². The van der Waals surface area contributed by atoms with E-state index in [-0.39, 0.29) is 17.7 Å². The normalized spacial score (nSPS) is 14.1. The maximum atomic E-state index is 13.8. The highest BCUT2D eigenvalue weighted by atomic mass is 32.1. The lowest BCUT2D eigenvalue weighted by Gasteiger charge is -2.23. The second-order valence-electron chi connectivity index (χ2n) is 11.2. The predicted molar refractivity (Wildman–Crippen MR) is 189 cm³/mol. The number of esters is 1. The van der Waals surface area contributed by atoms with E-state index in [1.54, 1.807) is 40.2 Å². The first-order valence-electron chi connectivity index (χ1n) is 15.8. The lowest BCUT2D eigenvalue weighted by atomic mass is 9.96. The molecular formula is C39H36N2O7S. The average molecular weight is 677 g/mol. The van der Waals surface area contributed by atoms with Crippen molar-refractivity contribution in [1.82, 2.24) is 4.57 Å². The van der Waals surface area contributed by atoms with Gasteiger partial charge in [-0.25, -0.2) is 9.79 Å². The molecule has 0 saturated carbocycles. The molecule has 0 unspecified atom stereocenters. The van der Waals surface area contributed by atoms with Crippen molar-refractivity contribution in [3.63, 3.8) is 0 Å². The molecule has 9 nitrogen and oxygen atoms in total. The Balaban J connectivity index is 1.35. The number of allylic oxidation sites excluding steroid dienone is 1. The number of aromatic nitrogens is 1. The van der Waals surface area contributed by atoms with E-state index in [4.69, 9.17) is 28.7 Å². The Morgan fingerprint density at radius 2 is 1.41 bits per heavy atom. The van der Waals surface area contributed by atoms with Gasteiger partial charge in [-0.2, -0.15) is 0 Å². The van der Waals surface area contributed by atoms with E-state index in [1.807, 2.05) is 91.0 Å². The lowest BCUT2D eigenvalue weighted by Crippen LogP contribution is -2.35. The molecule has 10 heteroatoms. The number of rotatable bonds is 12. The number of carbonyl (C=O) groups is 1. The third kappa shape index (κ3) is 7.29. The fourth-order valence-corrected chi connectivity index (χ4v) is 6.59. The predicted octanol–water partition coefficient (Wildman–Crippen LogP) is 6.08. The molecule has 0 saturated heterocycles. The Morgan fingerprint density at radius 3 is 2.00 bits per heavy atom. The molecule has 1 aromatic heterocycles. The molecule has 0 spiro atoms. The fourth-order valence-electron chi connectivity index (χ4n) is 5.55. The van der Waals surface area contributed by atoms with Crippen molar-refractivity contribution in [2.24, 2.45) is 4.99 Å². The molecule has 49 heavy (non-hydrogen) atoms. The van der Waals surface area contributed by atoms with Crippen LogP contribution >= 0.6 is 11.3 Å². The SMILES string of the molecule is CCOC(=O)C1=C(C)n2c(s/c(=C\c3ccc(OCc4ccccc4)c(OC)c3)c2=O)=N[C@H]1c1ccc(OCc2ccccc2)c(OC)c1. The van der Waals surface area contributed by atoms with Crippen molar-refractivity contribution in [2.75, 3.05) is 20.8 Å². The van der Waals surface area contributed by atoms with E-state index in [0.717, 1.165) is 16.7 Å². The Kier molecular flexibility index (Phi) is 10.2. The smallest absolute Gasteiger partial charge is 0.338 e. The van der Waals surface area contributed by atoms with Crippen LogP contribution in [0, 0.1) is 0 Å². The van der Waals surface area contributed by atoms with Crippen LogP contribution in [0.2, 0.25) is 0 Å². The standard InChI is InChI=1S/C39H36N2O7S/c1-5-46-38(43)35-25(2)41-37(42)34(21-28-16-18-30(32(20-28)44-3)47-23-26-12-8-6-9-13-26)49-39(41)40-36(35)29-17-19-31(33(22-29)45-4)48-24-27-14-10-7-11-15-27/h6-22,36H,5,23-24H2,1-4H3/b34-21-/t36-/m0/s1. The monoisotopic (exact) mass is 676 g/mol. The Morgan fingerprint density at radius 1 is 0.816 bits per heavy atom. The van der Waals surface area contributed by atoms with E-state index in [9.17, 15) is 9.59 Å². The summed E-state index contributed by atoms with van der Waals surface area (Å²) in [6.07, 6.45) is 1.78. The summed E-state index contributed by atoms with van der Waals surface area (Å²) in [7, 11) is 3.14. The summed E-state index contributed by atoms with van der Waals surface area (Å²) in [4.78, 5) is 32.6. The summed E-state index contributed by atoms with van der Waals surface area (Å²) in [6.45, 7) is 4.42. The molecule has 0 bridgehead atoms. The van der Waals surface area contributed by atoms with Gasteiger partial charge in [0.05, 0.1) is 30.9 Å². The molecule has 250 valence electrons. The zero-order valence-corrected chi connectivity index (χ0v) is 28.5. The molecule has 1 aliphatic rings. The molecule has 1 aliphatic heterocycles. The molecule has 0 fully saturated rings. The largest absolute Gasteiger partial charge is 0.493 e. The van der Waals surface area contributed by atoms with Gasteiger partial charge in [-0.05, 0) is 66.4 Å². The molecule has 0 aliphatic carbocycles. The van der Waals surface area contributed by atoms with Gasteiger partial charge < -0.3 is 23.7 Å². The van der Waals surface area contributed by atoms with Crippen LogP contribution in [0.5, 0.6) is 23.0 Å². The fraction of sp³-hybridized carbons (Fsp3) is 0.205. The summed E-state index contributed by atoms with van der Waals surface area (Å²) in [6, 6.07) is 30.0. The molecule has 5 aromatic rings. The molecule has 4 aromatic carbocycles. The van der Waals surface area contributed by atoms with Crippen LogP contribution in [0.25, 0.3) is 11.8 Å². The minimum absolute atomic E-state index is 0.176. The average Bonchev–Trinajstić information content (AvgIpc) is 3.45. The number of fused-ring (bicyclic) bond motifs is 1. The molecule has 0 radical (unpaired) electrons. The number of thiazole rings is 1. The Labute approximate surface area is 288 Å². The van der Waals surface area contributed by atoms with E-state index in [2.05, 4.69) is 0 Å². The molecule has 2 heterocycles. The van der Waals surface area contributed by atoms with Crippen molar-refractivity contribution in [1.29, 1.82) is 0 Å². The molecule has 6 rings (SSSR count). The topological polar surface area (TPSA) is 97.6 Å². The van der Waals surface area contributed by atoms with Crippen molar-refractivity contribution >= 4 is 29.1 Å². The lowest BCUT2D eigenvalue weighted by molar-refractivity contribution is -0.138. The van der Waals surface area contributed by atoms with Gasteiger partial charge in [0.15, 0.2) is 27.8 Å². The van der Waals surface area contributed by atoms with Crippen molar-refractivity contribution < 1.29 is 28.5 Å². The van der Waals surface area contributed by atoms with E-state index >= 15 is 0 Å². The summed E-state index contributed by atoms with van der Waals surface area (Å²) in [5, 5.41) is 0. The van der Waals surface area contributed by atoms with Crippen LogP contribution in [-0.2, 0) is 22.7 Å². The minimum Gasteiger partial charge on any atom is -0.493 e. The summed E-state index contributed by atoms with van der Waals surface area (Å²) >= 11 is 1.24. The first-order valence-corrected chi connectivity index (χ1v) is 16.6. The highest BCUT2D eigenvalue weighted by Crippen LogP contribution is 2.37. The second kappa shape index (κ2) is 15.1. The highest BCUT2D eigenvalue weighted by molar-refractivity contribution is 7.07. The molecule has 0 N–H and O–H groups in total. The molecule has 0 amide bonds. The number of hydrogen-bond acceptors (Lipinski definition) is 9. The van der Waals surface area contributed by atoms with Crippen LogP contribution in [0.15, 0.2) is 112 Å². The maximum absolute atomic E-state index is 13.8. The van der Waals surface area contributed by atoms with Gasteiger partial charge in [-0.3, -0.25) is 9.36 Å². The highest BCUT2D eigenvalue weighted by Gasteiger charge is 2.32. The van der Waals surface area contributed by atoms with Gasteiger partial charge in [0.25, 0.3) is 5.56 Å². The molecular weight excluding hydrogens is 641 g/mol. The minimum atomic E-state index is -0.733. The van der Waals surface area contributed by atoms with Crippen LogP contribution in [-0.4, -0.2) is 31.4 Å². The van der Waals surface area contributed by atoms with Gasteiger partial charge in [0.1, 0.15) is 19.3 Å². The number of hydrogen-bond donors (Lipinski definition) is 0. The Hall–Kier alpha value is -5.61. The zero-order chi connectivity index (χ0) is 34.3. The summed E-state index contributed by atoms with van der Waals surface area (Å²) in [5.74, 6) is 1.65. The first-order chi connectivity index (χ1) is 23.9. The second-order valence-corrected chi connectivity index (χ2v) is 12.2. The van der Waals surface area contributed by atoms with Gasteiger partial charge in [0, 0.05) is 5.70 Å². The number of carbonyl (C=O) groups excluding carboxylic acids is 1. The van der Waals surface area contributed by atoms with Crippen molar-refractivity contribution in [3.8, 4) is 23.0 Å². The summed E-state index contributed by atoms with van der Waals surface area (Å²) < 4.78 is 30.7.